The van der Waals surface area contributed by atoms with Crippen molar-refractivity contribution in [1.82, 2.24) is 14.8 Å². The van der Waals surface area contributed by atoms with Gasteiger partial charge in [0.15, 0.2) is 5.16 Å². The Bertz CT molecular complexity index is 756. The van der Waals surface area contributed by atoms with E-state index in [1.54, 1.807) is 31.2 Å². The number of hydrogen-bond donors (Lipinski definition) is 1. The van der Waals surface area contributed by atoms with E-state index in [1.165, 1.54) is 11.8 Å². The van der Waals surface area contributed by atoms with Crippen LogP contribution in [-0.4, -0.2) is 39.0 Å². The number of nitrogens with zero attached hydrogens (tertiary/aromatic N) is 3. The molecule has 0 unspecified atom stereocenters. The summed E-state index contributed by atoms with van der Waals surface area (Å²) in [5.41, 5.74) is 1.08. The van der Waals surface area contributed by atoms with Gasteiger partial charge in [0, 0.05) is 18.2 Å². The maximum atomic E-state index is 12.2. The third-order valence-corrected chi connectivity index (χ3v) is 4.56. The molecule has 26 heavy (non-hydrogen) atoms. The number of carbonyl (C=O) groups is 2. The summed E-state index contributed by atoms with van der Waals surface area (Å²) >= 11 is 1.36. The van der Waals surface area contributed by atoms with Crippen molar-refractivity contribution in [3.63, 3.8) is 0 Å². The maximum Gasteiger partial charge on any atom is 0.338 e. The fourth-order valence-electron chi connectivity index (χ4n) is 2.36. The lowest BCUT2D eigenvalue weighted by molar-refractivity contribution is -0.113. The molecule has 0 spiro atoms. The third-order valence-electron chi connectivity index (χ3n) is 3.59. The van der Waals surface area contributed by atoms with E-state index in [0.29, 0.717) is 17.9 Å². The molecule has 1 aromatic heterocycles. The van der Waals surface area contributed by atoms with Gasteiger partial charge < -0.3 is 14.6 Å². The van der Waals surface area contributed by atoms with Crippen molar-refractivity contribution >= 4 is 29.3 Å². The van der Waals surface area contributed by atoms with E-state index in [9.17, 15) is 9.59 Å². The summed E-state index contributed by atoms with van der Waals surface area (Å²) in [4.78, 5) is 23.8. The first-order chi connectivity index (χ1) is 12.5. The van der Waals surface area contributed by atoms with Gasteiger partial charge in [-0.25, -0.2) is 4.79 Å². The molecule has 7 nitrogen and oxygen atoms in total. The predicted octanol–water partition coefficient (Wildman–Crippen LogP) is 3.33. The third kappa shape index (κ3) is 5.08. The number of aromatic nitrogens is 3. The molecule has 0 aliphatic heterocycles. The molecule has 0 aliphatic carbocycles. The highest BCUT2D eigenvalue weighted by atomic mass is 32.2. The van der Waals surface area contributed by atoms with Crippen LogP contribution < -0.4 is 5.32 Å². The Morgan fingerprint density at radius 3 is 2.46 bits per heavy atom. The van der Waals surface area contributed by atoms with E-state index in [2.05, 4.69) is 29.4 Å². The predicted molar refractivity (Wildman–Crippen MR) is 102 cm³/mol. The van der Waals surface area contributed by atoms with Crippen LogP contribution in [0.4, 0.5) is 5.69 Å². The number of ether oxygens (including phenoxy) is 1. The molecule has 0 aliphatic rings. The van der Waals surface area contributed by atoms with Crippen LogP contribution >= 0.6 is 11.8 Å². The van der Waals surface area contributed by atoms with Crippen LogP contribution in [0.3, 0.4) is 0 Å². The zero-order valence-corrected chi connectivity index (χ0v) is 16.3. The minimum absolute atomic E-state index is 0.143. The number of benzene rings is 1. The van der Waals surface area contributed by atoms with E-state index in [1.807, 2.05) is 11.5 Å². The number of carbonyl (C=O) groups excluding carboxylic acids is 2. The molecule has 2 rings (SSSR count). The van der Waals surface area contributed by atoms with Crippen molar-refractivity contribution in [3.05, 3.63) is 35.7 Å². The lowest BCUT2D eigenvalue weighted by Gasteiger charge is -2.09. The molecule has 8 heteroatoms. The minimum Gasteiger partial charge on any atom is -0.462 e. The highest BCUT2D eigenvalue weighted by molar-refractivity contribution is 7.99. The topological polar surface area (TPSA) is 86.1 Å². The second kappa shape index (κ2) is 9.38. The van der Waals surface area contributed by atoms with Gasteiger partial charge in [-0.15, -0.1) is 10.2 Å². The summed E-state index contributed by atoms with van der Waals surface area (Å²) in [5.74, 6) is 0.917. The number of hydrogen-bond acceptors (Lipinski definition) is 6. The van der Waals surface area contributed by atoms with E-state index in [-0.39, 0.29) is 23.5 Å². The Labute approximate surface area is 157 Å². The average molecular weight is 376 g/mol. The smallest absolute Gasteiger partial charge is 0.338 e. The van der Waals surface area contributed by atoms with Crippen molar-refractivity contribution in [2.75, 3.05) is 17.7 Å². The highest BCUT2D eigenvalue weighted by Crippen LogP contribution is 2.21. The molecule has 0 fully saturated rings. The van der Waals surface area contributed by atoms with Crippen LogP contribution in [0.2, 0.25) is 0 Å². The number of amides is 1. The quantitative estimate of drug-likeness (QED) is 0.562. The van der Waals surface area contributed by atoms with Crippen molar-refractivity contribution in [2.45, 2.75) is 45.3 Å². The van der Waals surface area contributed by atoms with Crippen LogP contribution in [0.25, 0.3) is 0 Å². The first-order valence-electron chi connectivity index (χ1n) is 8.59. The molecular weight excluding hydrogens is 352 g/mol. The molecule has 1 amide bonds. The summed E-state index contributed by atoms with van der Waals surface area (Å²) < 4.78 is 6.96. The molecule has 0 bridgehead atoms. The van der Waals surface area contributed by atoms with Gasteiger partial charge in [0.25, 0.3) is 0 Å². The Morgan fingerprint density at radius 2 is 1.88 bits per heavy atom. The van der Waals surface area contributed by atoms with E-state index in [4.69, 9.17) is 4.74 Å². The Morgan fingerprint density at radius 1 is 1.19 bits per heavy atom. The number of esters is 1. The van der Waals surface area contributed by atoms with Crippen LogP contribution in [0.5, 0.6) is 0 Å². The van der Waals surface area contributed by atoms with Crippen LogP contribution in [0, 0.1) is 0 Å². The fraction of sp³-hybridized carbons (Fsp3) is 0.444. The average Bonchev–Trinajstić information content (AvgIpc) is 3.04. The first kappa shape index (κ1) is 20.0. The summed E-state index contributed by atoms with van der Waals surface area (Å²) in [7, 11) is 0. The van der Waals surface area contributed by atoms with E-state index < -0.39 is 0 Å². The molecule has 0 atom stereocenters. The van der Waals surface area contributed by atoms with Gasteiger partial charge >= 0.3 is 5.97 Å². The zero-order valence-electron chi connectivity index (χ0n) is 15.5. The van der Waals surface area contributed by atoms with E-state index >= 15 is 0 Å². The number of rotatable bonds is 8. The Balaban J connectivity index is 1.92. The molecule has 1 N–H and O–H groups in total. The first-order valence-corrected chi connectivity index (χ1v) is 9.57. The SMILES string of the molecule is CCOC(=O)c1ccc(NC(=O)CSc2nnc(C(C)C)n2CC)cc1. The molecule has 1 heterocycles. The van der Waals surface area contributed by atoms with Crippen molar-refractivity contribution in [2.24, 2.45) is 0 Å². The van der Waals surface area contributed by atoms with Gasteiger partial charge in [0.1, 0.15) is 5.82 Å². The van der Waals surface area contributed by atoms with Crippen molar-refractivity contribution in [3.8, 4) is 0 Å². The Kier molecular flexibility index (Phi) is 7.20. The number of thioether (sulfide) groups is 1. The van der Waals surface area contributed by atoms with Gasteiger partial charge in [0.05, 0.1) is 17.9 Å². The highest BCUT2D eigenvalue weighted by Gasteiger charge is 2.15. The molecule has 2 aromatic rings. The second-order valence-corrected chi connectivity index (χ2v) is 6.82. The summed E-state index contributed by atoms with van der Waals surface area (Å²) in [6.07, 6.45) is 0. The van der Waals surface area contributed by atoms with Gasteiger partial charge in [-0.05, 0) is 38.1 Å². The number of anilines is 1. The normalized spacial score (nSPS) is 10.8. The fourth-order valence-corrected chi connectivity index (χ4v) is 3.17. The lowest BCUT2D eigenvalue weighted by atomic mass is 10.2. The number of nitrogens with one attached hydrogen (secondary N) is 1. The summed E-state index contributed by atoms with van der Waals surface area (Å²) in [6.45, 7) is 9.02. The largest absolute Gasteiger partial charge is 0.462 e. The molecule has 1 aromatic carbocycles. The minimum atomic E-state index is -0.374. The van der Waals surface area contributed by atoms with E-state index in [0.717, 1.165) is 17.5 Å². The molecule has 0 saturated carbocycles. The van der Waals surface area contributed by atoms with Gasteiger partial charge in [-0.2, -0.15) is 0 Å². The Hall–Kier alpha value is -2.35. The molecule has 140 valence electrons. The monoisotopic (exact) mass is 376 g/mol. The standard InChI is InChI=1S/C18H24N4O3S/c1-5-22-16(12(3)4)20-21-18(22)26-11-15(23)19-14-9-7-13(8-10-14)17(24)25-6-2/h7-10,12H,5-6,11H2,1-4H3,(H,19,23). The summed E-state index contributed by atoms with van der Waals surface area (Å²) in [5, 5.41) is 11.9. The summed E-state index contributed by atoms with van der Waals surface area (Å²) in [6, 6.07) is 6.62. The van der Waals surface area contributed by atoms with Crippen molar-refractivity contribution < 1.29 is 14.3 Å². The molecular formula is C18H24N4O3S. The van der Waals surface area contributed by atoms with Crippen molar-refractivity contribution in [1.29, 1.82) is 0 Å². The van der Waals surface area contributed by atoms with Gasteiger partial charge in [0.2, 0.25) is 5.91 Å². The van der Waals surface area contributed by atoms with Gasteiger partial charge in [-0.3, -0.25) is 4.79 Å². The zero-order chi connectivity index (χ0) is 19.1. The van der Waals surface area contributed by atoms with Crippen LogP contribution in [0.1, 0.15) is 49.8 Å². The van der Waals surface area contributed by atoms with Crippen LogP contribution in [0.15, 0.2) is 29.4 Å². The second-order valence-electron chi connectivity index (χ2n) is 5.87. The van der Waals surface area contributed by atoms with Crippen LogP contribution in [-0.2, 0) is 16.1 Å². The maximum absolute atomic E-state index is 12.2. The van der Waals surface area contributed by atoms with Gasteiger partial charge in [-0.1, -0.05) is 25.6 Å². The lowest BCUT2D eigenvalue weighted by Crippen LogP contribution is -2.15. The molecule has 0 radical (unpaired) electrons. The molecule has 0 saturated heterocycles.